The van der Waals surface area contributed by atoms with Crippen LogP contribution in [0.25, 0.3) is 11.4 Å². The Hall–Kier alpha value is -3.88. The summed E-state index contributed by atoms with van der Waals surface area (Å²) in [5, 5.41) is 6.35. The number of nitrogens with zero attached hydrogens (tertiary/aromatic N) is 2. The predicted octanol–water partition coefficient (Wildman–Crippen LogP) is 2.23. The van der Waals surface area contributed by atoms with E-state index in [4.69, 9.17) is 18.7 Å². The first-order valence-corrected chi connectivity index (χ1v) is 8.64. The molecule has 0 saturated carbocycles. The Bertz CT molecular complexity index is 987. The molecule has 1 heterocycles. The van der Waals surface area contributed by atoms with Crippen LogP contribution in [0.5, 0.6) is 11.5 Å². The Morgan fingerprint density at radius 2 is 1.79 bits per heavy atom. The van der Waals surface area contributed by atoms with Crippen molar-refractivity contribution in [1.29, 1.82) is 0 Å². The van der Waals surface area contributed by atoms with Crippen LogP contribution < -0.4 is 14.8 Å². The Balaban J connectivity index is 1.52. The molecule has 0 aliphatic rings. The average molecular weight is 397 g/mol. The summed E-state index contributed by atoms with van der Waals surface area (Å²) in [6, 6.07) is 13.7. The maximum atomic E-state index is 11.9. The number of nitrogens with one attached hydrogen (secondary N) is 1. The van der Waals surface area contributed by atoms with Crippen molar-refractivity contribution in [2.75, 3.05) is 20.8 Å². The molecule has 1 N–H and O–H groups in total. The van der Waals surface area contributed by atoms with Crippen molar-refractivity contribution in [3.63, 3.8) is 0 Å². The minimum absolute atomic E-state index is 0.123. The number of rotatable bonds is 8. The molecule has 0 aliphatic carbocycles. The highest BCUT2D eigenvalue weighted by Gasteiger charge is 2.14. The van der Waals surface area contributed by atoms with Crippen LogP contribution in [-0.2, 0) is 16.1 Å². The molecule has 29 heavy (non-hydrogen) atoms. The minimum atomic E-state index is -0.625. The molecule has 3 aromatic rings. The van der Waals surface area contributed by atoms with E-state index >= 15 is 0 Å². The fourth-order valence-corrected chi connectivity index (χ4v) is 2.44. The van der Waals surface area contributed by atoms with E-state index in [0.717, 1.165) is 0 Å². The monoisotopic (exact) mass is 397 g/mol. The van der Waals surface area contributed by atoms with Crippen molar-refractivity contribution in [2.45, 2.75) is 6.61 Å². The van der Waals surface area contributed by atoms with Gasteiger partial charge in [0.15, 0.2) is 18.1 Å². The van der Waals surface area contributed by atoms with Crippen molar-refractivity contribution in [3.8, 4) is 22.9 Å². The highest BCUT2D eigenvalue weighted by atomic mass is 16.6. The fraction of sp³-hybridized carbons (Fsp3) is 0.200. The van der Waals surface area contributed by atoms with Crippen molar-refractivity contribution >= 4 is 11.9 Å². The molecule has 0 saturated heterocycles. The Kier molecular flexibility index (Phi) is 6.41. The van der Waals surface area contributed by atoms with Gasteiger partial charge in [0.2, 0.25) is 5.82 Å². The summed E-state index contributed by atoms with van der Waals surface area (Å²) in [4.78, 5) is 27.9. The van der Waals surface area contributed by atoms with E-state index in [-0.39, 0.29) is 24.9 Å². The average Bonchev–Trinajstić information content (AvgIpc) is 3.25. The lowest BCUT2D eigenvalue weighted by atomic mass is 10.2. The minimum Gasteiger partial charge on any atom is -0.493 e. The zero-order chi connectivity index (χ0) is 20.6. The van der Waals surface area contributed by atoms with E-state index in [1.165, 1.54) is 7.11 Å². The standard InChI is InChI=1S/C20H19N3O6/c1-26-15-9-8-14(10-16(15)27-2)19-22-17(29-23-19)12-28-18(24)11-21-20(25)13-6-4-3-5-7-13/h3-10H,11-12H2,1-2H3,(H,21,25). The predicted molar refractivity (Wildman–Crippen MR) is 101 cm³/mol. The third kappa shape index (κ3) is 5.10. The first-order valence-electron chi connectivity index (χ1n) is 8.64. The number of ether oxygens (including phenoxy) is 3. The molecule has 1 aromatic heterocycles. The van der Waals surface area contributed by atoms with Crippen LogP contribution in [0.1, 0.15) is 16.2 Å². The number of carbonyl (C=O) groups excluding carboxylic acids is 2. The second kappa shape index (κ2) is 9.36. The first-order chi connectivity index (χ1) is 14.1. The Morgan fingerprint density at radius 1 is 1.03 bits per heavy atom. The summed E-state index contributed by atoms with van der Waals surface area (Å²) < 4.78 is 20.6. The molecule has 0 aliphatic heterocycles. The summed E-state index contributed by atoms with van der Waals surface area (Å²) in [6.45, 7) is -0.481. The summed E-state index contributed by atoms with van der Waals surface area (Å²) in [5.74, 6) is 0.548. The molecule has 9 heteroatoms. The van der Waals surface area contributed by atoms with Gasteiger partial charge in [-0.2, -0.15) is 4.98 Å². The molecular weight excluding hydrogens is 378 g/mol. The SMILES string of the molecule is COc1ccc(-c2noc(COC(=O)CNC(=O)c3ccccc3)n2)cc1OC. The number of carbonyl (C=O) groups is 2. The molecule has 0 spiro atoms. The van der Waals surface area contributed by atoms with E-state index in [2.05, 4.69) is 15.5 Å². The van der Waals surface area contributed by atoms with E-state index < -0.39 is 5.97 Å². The molecule has 0 unspecified atom stereocenters. The molecule has 0 bridgehead atoms. The third-order valence-corrected chi connectivity index (χ3v) is 3.90. The van der Waals surface area contributed by atoms with Gasteiger partial charge < -0.3 is 24.1 Å². The van der Waals surface area contributed by atoms with Crippen LogP contribution in [0, 0.1) is 0 Å². The molecular formula is C20H19N3O6. The summed E-state index contributed by atoms with van der Waals surface area (Å²) in [7, 11) is 3.07. The number of hydrogen-bond acceptors (Lipinski definition) is 8. The summed E-state index contributed by atoms with van der Waals surface area (Å²) >= 11 is 0. The van der Waals surface area contributed by atoms with Crippen molar-refractivity contribution < 1.29 is 28.3 Å². The molecule has 2 aromatic carbocycles. The lowest BCUT2D eigenvalue weighted by molar-refractivity contribution is -0.144. The maximum absolute atomic E-state index is 11.9. The third-order valence-electron chi connectivity index (χ3n) is 3.90. The smallest absolute Gasteiger partial charge is 0.325 e. The lowest BCUT2D eigenvalue weighted by Gasteiger charge is -2.07. The highest BCUT2D eigenvalue weighted by Crippen LogP contribution is 2.31. The number of methoxy groups -OCH3 is 2. The van der Waals surface area contributed by atoms with Crippen LogP contribution in [0.4, 0.5) is 0 Å². The van der Waals surface area contributed by atoms with Gasteiger partial charge >= 0.3 is 5.97 Å². The van der Waals surface area contributed by atoms with Gasteiger partial charge in [0.25, 0.3) is 11.8 Å². The van der Waals surface area contributed by atoms with Gasteiger partial charge in [-0.05, 0) is 30.3 Å². The quantitative estimate of drug-likeness (QED) is 0.576. The van der Waals surface area contributed by atoms with Crippen LogP contribution in [0.3, 0.4) is 0 Å². The van der Waals surface area contributed by atoms with Gasteiger partial charge in [0, 0.05) is 11.1 Å². The Morgan fingerprint density at radius 3 is 2.52 bits per heavy atom. The lowest BCUT2D eigenvalue weighted by Crippen LogP contribution is -2.30. The molecule has 0 atom stereocenters. The van der Waals surface area contributed by atoms with Gasteiger partial charge in [0.1, 0.15) is 6.54 Å². The molecule has 0 radical (unpaired) electrons. The molecule has 1 amide bonds. The van der Waals surface area contributed by atoms with E-state index in [1.54, 1.807) is 55.6 Å². The maximum Gasteiger partial charge on any atom is 0.325 e. The highest BCUT2D eigenvalue weighted by molar-refractivity contribution is 5.95. The van der Waals surface area contributed by atoms with Gasteiger partial charge in [-0.3, -0.25) is 9.59 Å². The number of aromatic nitrogens is 2. The van der Waals surface area contributed by atoms with Crippen molar-refractivity contribution in [3.05, 3.63) is 60.0 Å². The van der Waals surface area contributed by atoms with Gasteiger partial charge in [-0.25, -0.2) is 0 Å². The van der Waals surface area contributed by atoms with Crippen LogP contribution in [0.15, 0.2) is 53.1 Å². The number of amides is 1. The largest absolute Gasteiger partial charge is 0.493 e. The van der Waals surface area contributed by atoms with Crippen molar-refractivity contribution in [1.82, 2.24) is 15.5 Å². The van der Waals surface area contributed by atoms with Crippen molar-refractivity contribution in [2.24, 2.45) is 0 Å². The van der Waals surface area contributed by atoms with Gasteiger partial charge in [-0.15, -0.1) is 0 Å². The van der Waals surface area contributed by atoms with E-state index in [9.17, 15) is 9.59 Å². The fourth-order valence-electron chi connectivity index (χ4n) is 2.44. The normalized spacial score (nSPS) is 10.3. The second-order valence-electron chi connectivity index (χ2n) is 5.79. The van der Waals surface area contributed by atoms with E-state index in [1.807, 2.05) is 0 Å². The molecule has 3 rings (SSSR count). The van der Waals surface area contributed by atoms with Gasteiger partial charge in [-0.1, -0.05) is 23.4 Å². The van der Waals surface area contributed by atoms with Crippen LogP contribution >= 0.6 is 0 Å². The summed E-state index contributed by atoms with van der Waals surface area (Å²) in [6.07, 6.45) is 0. The van der Waals surface area contributed by atoms with Crippen LogP contribution in [0.2, 0.25) is 0 Å². The van der Waals surface area contributed by atoms with Crippen LogP contribution in [-0.4, -0.2) is 42.8 Å². The molecule has 150 valence electrons. The zero-order valence-corrected chi connectivity index (χ0v) is 15.9. The first kappa shape index (κ1) is 19.9. The van der Waals surface area contributed by atoms with Gasteiger partial charge in [0.05, 0.1) is 14.2 Å². The number of benzene rings is 2. The number of hydrogen-bond donors (Lipinski definition) is 1. The topological polar surface area (TPSA) is 113 Å². The number of esters is 1. The zero-order valence-electron chi connectivity index (χ0n) is 15.9. The second-order valence-corrected chi connectivity index (χ2v) is 5.79. The molecule has 0 fully saturated rings. The Labute approximate surface area is 166 Å². The summed E-state index contributed by atoms with van der Waals surface area (Å²) in [5.41, 5.74) is 1.11. The van der Waals surface area contributed by atoms with E-state index in [0.29, 0.717) is 28.5 Å². The molecule has 9 nitrogen and oxygen atoms in total.